The second-order valence-electron chi connectivity index (χ2n) is 11.5. The lowest BCUT2D eigenvalue weighted by Gasteiger charge is -2.41. The van der Waals surface area contributed by atoms with Crippen molar-refractivity contribution in [2.24, 2.45) is 10.4 Å². The maximum atomic E-state index is 13.7. The first-order valence-electron chi connectivity index (χ1n) is 13.9. The van der Waals surface area contributed by atoms with E-state index in [-0.39, 0.29) is 56.5 Å². The van der Waals surface area contributed by atoms with Crippen LogP contribution in [0, 0.1) is 25.1 Å². The van der Waals surface area contributed by atoms with E-state index in [9.17, 15) is 33.2 Å². The molecule has 232 valence electrons. The summed E-state index contributed by atoms with van der Waals surface area (Å²) in [5.41, 5.74) is -1.76. The highest BCUT2D eigenvalue weighted by Crippen LogP contribution is 2.48. The molecule has 1 aliphatic carbocycles. The van der Waals surface area contributed by atoms with Crippen molar-refractivity contribution < 1.29 is 37.6 Å². The summed E-state index contributed by atoms with van der Waals surface area (Å²) in [7, 11) is 2.80. The Kier molecular flexibility index (Phi) is 7.77. The van der Waals surface area contributed by atoms with E-state index in [2.05, 4.69) is 31.1 Å². The van der Waals surface area contributed by atoms with E-state index in [0.717, 1.165) is 9.80 Å². The summed E-state index contributed by atoms with van der Waals surface area (Å²) < 4.78 is 19.0. The molecule has 1 atom stereocenters. The van der Waals surface area contributed by atoms with Crippen LogP contribution in [-0.2, 0) is 35.3 Å². The number of fused-ring (bicyclic) bond motifs is 2. The number of hydrogen-bond donors (Lipinski definition) is 3. The summed E-state index contributed by atoms with van der Waals surface area (Å²) in [5.74, 6) is -5.74. The zero-order chi connectivity index (χ0) is 32.0. The van der Waals surface area contributed by atoms with Gasteiger partial charge in [0.25, 0.3) is 17.6 Å². The van der Waals surface area contributed by atoms with Crippen LogP contribution >= 0.6 is 0 Å². The lowest BCUT2D eigenvalue weighted by Crippen LogP contribution is -2.65. The third-order valence-corrected chi connectivity index (χ3v) is 8.28. The minimum absolute atomic E-state index is 0.0652. The number of likely N-dealkylation sites (N-methyl/N-ethyl adjacent to an activating group) is 1. The first kappa shape index (κ1) is 30.4. The maximum Gasteiger partial charge on any atom is 0.322 e. The lowest BCUT2D eigenvalue weighted by molar-refractivity contribution is -0.147. The summed E-state index contributed by atoms with van der Waals surface area (Å²) in [6.45, 7) is 2.77. The molecule has 1 unspecified atom stereocenters. The number of anilines is 1. The highest BCUT2D eigenvalue weighted by atomic mass is 19.1. The third-order valence-electron chi connectivity index (χ3n) is 8.28. The highest BCUT2D eigenvalue weighted by molar-refractivity contribution is 6.46. The van der Waals surface area contributed by atoms with Crippen LogP contribution in [0.25, 0.3) is 0 Å². The number of amidine groups is 1. The Morgan fingerprint density at radius 3 is 2.41 bits per heavy atom. The Labute approximate surface area is 250 Å². The molecule has 1 aromatic carbocycles. The van der Waals surface area contributed by atoms with Crippen molar-refractivity contribution in [1.29, 1.82) is 0 Å². The number of rotatable bonds is 6. The van der Waals surface area contributed by atoms with Gasteiger partial charge < -0.3 is 20.0 Å². The van der Waals surface area contributed by atoms with Crippen molar-refractivity contribution in [3.05, 3.63) is 41.0 Å². The van der Waals surface area contributed by atoms with E-state index in [4.69, 9.17) is 4.42 Å². The quantitative estimate of drug-likeness (QED) is 0.292. The molecule has 4 heterocycles. The predicted molar refractivity (Wildman–Crippen MR) is 149 cm³/mol. The van der Waals surface area contributed by atoms with Gasteiger partial charge in [-0.05, 0) is 49.8 Å². The number of benzene rings is 1. The number of hydrogen-bond acceptors (Lipinski definition) is 10. The van der Waals surface area contributed by atoms with Gasteiger partial charge in [-0.2, -0.15) is 0 Å². The number of aromatic nitrogens is 2. The molecule has 16 heteroatoms. The molecule has 2 aromatic rings. The fourth-order valence-electron chi connectivity index (χ4n) is 5.78. The lowest BCUT2D eigenvalue weighted by atomic mass is 9.68. The van der Waals surface area contributed by atoms with E-state index in [1.54, 1.807) is 13.8 Å². The largest absolute Gasteiger partial charge is 0.408 e. The van der Waals surface area contributed by atoms with Gasteiger partial charge in [-0.25, -0.2) is 9.38 Å². The molecular formula is C28H31FN8O7. The number of nitrogens with zero attached hydrogens (tertiary/aromatic N) is 5. The standard InChI is InChI=1S/C28H31FN8O7/c1-14-11-16(5-6-17(14)29)12-30-20(39)18-19(38)22(41)37-13-27(25(43)32-26-35-34-15(2)44-26)7-9-28(10-8-27,24(37)31-18)33-21(40)23(42)36(3)4/h5-6,11,18H,7-10,12-13H2,1-4H3,(H,30,39)(H,33,40)(H,32,35,43). The normalized spacial score (nSPS) is 24.2. The van der Waals surface area contributed by atoms with Gasteiger partial charge in [0.05, 0.1) is 11.0 Å². The number of Topliss-reactive ketones (excluding diaryl/α,β-unsaturated/α-hetero) is 1. The summed E-state index contributed by atoms with van der Waals surface area (Å²) in [5, 5.41) is 15.3. The number of ketones is 1. The van der Waals surface area contributed by atoms with Gasteiger partial charge in [0.1, 0.15) is 11.7 Å². The van der Waals surface area contributed by atoms with Gasteiger partial charge in [-0.15, -0.1) is 5.10 Å². The van der Waals surface area contributed by atoms with E-state index in [1.807, 2.05) is 0 Å². The van der Waals surface area contributed by atoms with Crippen LogP contribution in [0.1, 0.15) is 42.7 Å². The van der Waals surface area contributed by atoms with Gasteiger partial charge in [0.2, 0.25) is 11.8 Å². The zero-order valence-corrected chi connectivity index (χ0v) is 24.5. The molecule has 4 aliphatic rings. The van der Waals surface area contributed by atoms with E-state index in [0.29, 0.717) is 11.1 Å². The van der Waals surface area contributed by atoms with Crippen molar-refractivity contribution in [3.8, 4) is 0 Å². The van der Waals surface area contributed by atoms with Gasteiger partial charge in [-0.1, -0.05) is 17.2 Å². The minimum atomic E-state index is -1.78. The van der Waals surface area contributed by atoms with Gasteiger partial charge in [0, 0.05) is 34.1 Å². The van der Waals surface area contributed by atoms with Gasteiger partial charge in [-0.3, -0.25) is 39.0 Å². The topological polar surface area (TPSA) is 196 Å². The molecule has 6 rings (SSSR count). The molecule has 2 bridgehead atoms. The second kappa shape index (κ2) is 11.2. The Balaban J connectivity index is 1.49. The number of amides is 5. The van der Waals surface area contributed by atoms with Crippen molar-refractivity contribution >= 4 is 47.2 Å². The van der Waals surface area contributed by atoms with Gasteiger partial charge >= 0.3 is 17.8 Å². The molecule has 44 heavy (non-hydrogen) atoms. The molecule has 1 aromatic heterocycles. The first-order chi connectivity index (χ1) is 20.7. The fraction of sp³-hybridized carbons (Fsp3) is 0.464. The molecule has 0 spiro atoms. The third kappa shape index (κ3) is 5.42. The van der Waals surface area contributed by atoms with Crippen molar-refractivity contribution in [1.82, 2.24) is 30.6 Å². The molecule has 15 nitrogen and oxygen atoms in total. The van der Waals surface area contributed by atoms with Gasteiger partial charge in [0.15, 0.2) is 6.04 Å². The maximum absolute atomic E-state index is 13.7. The van der Waals surface area contributed by atoms with Crippen LogP contribution in [0.4, 0.5) is 10.4 Å². The van der Waals surface area contributed by atoms with E-state index >= 15 is 0 Å². The molecule has 3 N–H and O–H groups in total. The minimum Gasteiger partial charge on any atom is -0.408 e. The fourth-order valence-corrected chi connectivity index (χ4v) is 5.78. The molecule has 3 aliphatic heterocycles. The Morgan fingerprint density at radius 1 is 1.09 bits per heavy atom. The van der Waals surface area contributed by atoms with Crippen LogP contribution in [0.15, 0.2) is 27.6 Å². The predicted octanol–water partition coefficient (Wildman–Crippen LogP) is -0.224. The average molecular weight is 611 g/mol. The van der Waals surface area contributed by atoms with Crippen molar-refractivity contribution in [2.75, 3.05) is 26.0 Å². The Morgan fingerprint density at radius 2 is 1.80 bits per heavy atom. The zero-order valence-electron chi connectivity index (χ0n) is 24.5. The number of aryl methyl sites for hydroxylation is 2. The van der Waals surface area contributed by atoms with E-state index < -0.39 is 58.1 Å². The summed E-state index contributed by atoms with van der Waals surface area (Å²) in [4.78, 5) is 85.8. The summed E-state index contributed by atoms with van der Waals surface area (Å²) in [6, 6.07) is 2.33. The summed E-state index contributed by atoms with van der Waals surface area (Å²) >= 11 is 0. The molecule has 2 saturated heterocycles. The molecule has 0 radical (unpaired) electrons. The number of halogens is 1. The SMILES string of the molecule is Cc1nnc(NC(=O)C23CCC(NC(=O)C(=O)N(C)C)(CC2)C2=NC(C(=O)NCc4ccc(F)c(C)c4)C(=O)C(=O)N2C3)o1. The second-order valence-corrected chi connectivity index (χ2v) is 11.5. The Bertz CT molecular complexity index is 1610. The Hall–Kier alpha value is -5.02. The summed E-state index contributed by atoms with van der Waals surface area (Å²) in [6.07, 6.45) is 0.381. The average Bonchev–Trinajstić information content (AvgIpc) is 3.27. The number of carbonyl (C=O) groups is 6. The van der Waals surface area contributed by atoms with E-state index in [1.165, 1.54) is 32.3 Å². The molecule has 5 amide bonds. The van der Waals surface area contributed by atoms with Crippen molar-refractivity contribution in [3.63, 3.8) is 0 Å². The van der Waals surface area contributed by atoms with Crippen LogP contribution in [-0.4, -0.2) is 93.4 Å². The van der Waals surface area contributed by atoms with Crippen LogP contribution in [0.5, 0.6) is 0 Å². The highest BCUT2D eigenvalue weighted by Gasteiger charge is 2.60. The number of nitrogens with one attached hydrogen (secondary N) is 3. The number of aliphatic imine (C=N–C) groups is 1. The molecule has 3 fully saturated rings. The van der Waals surface area contributed by atoms with Crippen LogP contribution in [0.2, 0.25) is 0 Å². The van der Waals surface area contributed by atoms with Crippen LogP contribution in [0.3, 0.4) is 0 Å². The first-order valence-corrected chi connectivity index (χ1v) is 13.9. The smallest absolute Gasteiger partial charge is 0.322 e. The van der Waals surface area contributed by atoms with Crippen molar-refractivity contribution in [2.45, 2.75) is 57.7 Å². The molecule has 1 saturated carbocycles. The monoisotopic (exact) mass is 610 g/mol. The molecular weight excluding hydrogens is 579 g/mol. The van der Waals surface area contributed by atoms with Crippen LogP contribution < -0.4 is 16.0 Å². The number of carbonyl (C=O) groups excluding carboxylic acids is 6.